The highest BCUT2D eigenvalue weighted by Gasteiger charge is 2.35. The summed E-state index contributed by atoms with van der Waals surface area (Å²) in [5.41, 5.74) is 0. The van der Waals surface area contributed by atoms with Crippen LogP contribution in [0.4, 0.5) is 0 Å². The highest BCUT2D eigenvalue weighted by atomic mass is 15.2. The third kappa shape index (κ3) is 3.71. The molecule has 0 bridgehead atoms. The molecule has 18 heavy (non-hydrogen) atoms. The first kappa shape index (κ1) is 14.3. The van der Waals surface area contributed by atoms with Gasteiger partial charge < -0.3 is 5.32 Å². The van der Waals surface area contributed by atoms with Crippen molar-refractivity contribution in [2.75, 3.05) is 13.1 Å². The fourth-order valence-electron chi connectivity index (χ4n) is 3.85. The van der Waals surface area contributed by atoms with Gasteiger partial charge in [-0.05, 0) is 38.6 Å². The van der Waals surface area contributed by atoms with Gasteiger partial charge in [0.05, 0.1) is 0 Å². The summed E-state index contributed by atoms with van der Waals surface area (Å²) in [5.74, 6) is 0. The van der Waals surface area contributed by atoms with E-state index < -0.39 is 0 Å². The second-order valence-corrected chi connectivity index (χ2v) is 6.29. The molecule has 2 fully saturated rings. The normalized spacial score (nSPS) is 30.3. The van der Waals surface area contributed by atoms with Crippen LogP contribution in [-0.4, -0.2) is 36.1 Å². The van der Waals surface area contributed by atoms with E-state index in [2.05, 4.69) is 24.1 Å². The van der Waals surface area contributed by atoms with Crippen LogP contribution in [0.3, 0.4) is 0 Å². The van der Waals surface area contributed by atoms with Crippen LogP contribution in [0.25, 0.3) is 0 Å². The van der Waals surface area contributed by atoms with Gasteiger partial charge in [0.15, 0.2) is 0 Å². The van der Waals surface area contributed by atoms with E-state index in [1.54, 1.807) is 0 Å². The summed E-state index contributed by atoms with van der Waals surface area (Å²) in [6, 6.07) is 2.43. The lowest BCUT2D eigenvalue weighted by Gasteiger charge is -2.34. The topological polar surface area (TPSA) is 15.3 Å². The first-order valence-corrected chi connectivity index (χ1v) is 8.35. The zero-order valence-corrected chi connectivity index (χ0v) is 12.5. The third-order valence-corrected chi connectivity index (χ3v) is 4.85. The summed E-state index contributed by atoms with van der Waals surface area (Å²) in [4.78, 5) is 2.74. The van der Waals surface area contributed by atoms with Crippen molar-refractivity contribution in [3.63, 3.8) is 0 Å². The van der Waals surface area contributed by atoms with E-state index in [0.717, 1.165) is 18.1 Å². The molecule has 2 nitrogen and oxygen atoms in total. The third-order valence-electron chi connectivity index (χ3n) is 4.85. The smallest absolute Gasteiger partial charge is 0.0249 e. The average Bonchev–Trinajstić information content (AvgIpc) is 2.80. The Hall–Kier alpha value is -0.0800. The summed E-state index contributed by atoms with van der Waals surface area (Å²) in [5, 5.41) is 4.01. The van der Waals surface area contributed by atoms with Crippen molar-refractivity contribution in [3.05, 3.63) is 0 Å². The molecule has 2 aliphatic heterocycles. The second-order valence-electron chi connectivity index (χ2n) is 6.29. The molecule has 2 rings (SSSR count). The summed E-state index contributed by atoms with van der Waals surface area (Å²) < 4.78 is 0. The maximum atomic E-state index is 4.01. The molecule has 0 aromatic rings. The lowest BCUT2D eigenvalue weighted by Crippen LogP contribution is -2.48. The van der Waals surface area contributed by atoms with Crippen LogP contribution in [0, 0.1) is 0 Å². The van der Waals surface area contributed by atoms with Crippen LogP contribution in [0.5, 0.6) is 0 Å². The van der Waals surface area contributed by atoms with E-state index in [9.17, 15) is 0 Å². The van der Waals surface area contributed by atoms with Gasteiger partial charge in [0, 0.05) is 24.7 Å². The standard InChI is InChI=1S/C16H32N2/c1-3-5-9-14(8-4-2)17-15-11-13-18-12-7-6-10-16(15)18/h14-17H,3-13H2,1-2H3. The molecule has 1 N–H and O–H groups in total. The highest BCUT2D eigenvalue weighted by molar-refractivity contribution is 4.95. The first-order valence-electron chi connectivity index (χ1n) is 8.35. The molecule has 2 saturated heterocycles. The van der Waals surface area contributed by atoms with Gasteiger partial charge in [-0.25, -0.2) is 0 Å². The van der Waals surface area contributed by atoms with E-state index in [1.807, 2.05) is 0 Å². The molecule has 3 atom stereocenters. The molecule has 0 aromatic carbocycles. The SMILES string of the molecule is CCCCC(CCC)NC1CCN2CCCCC12. The van der Waals surface area contributed by atoms with Crippen molar-refractivity contribution in [2.24, 2.45) is 0 Å². The molecular formula is C16H32N2. The van der Waals surface area contributed by atoms with Gasteiger partial charge in [-0.2, -0.15) is 0 Å². The van der Waals surface area contributed by atoms with Crippen molar-refractivity contribution in [1.29, 1.82) is 0 Å². The molecule has 0 radical (unpaired) electrons. The average molecular weight is 252 g/mol. The van der Waals surface area contributed by atoms with Crippen LogP contribution in [0.2, 0.25) is 0 Å². The molecule has 2 aliphatic rings. The van der Waals surface area contributed by atoms with Crippen molar-refractivity contribution < 1.29 is 0 Å². The fraction of sp³-hybridized carbons (Fsp3) is 1.00. The largest absolute Gasteiger partial charge is 0.310 e. The van der Waals surface area contributed by atoms with Gasteiger partial charge in [-0.15, -0.1) is 0 Å². The van der Waals surface area contributed by atoms with E-state index in [4.69, 9.17) is 0 Å². The van der Waals surface area contributed by atoms with E-state index in [1.165, 1.54) is 70.9 Å². The molecule has 0 aliphatic carbocycles. The lowest BCUT2D eigenvalue weighted by molar-refractivity contribution is 0.174. The van der Waals surface area contributed by atoms with E-state index in [0.29, 0.717) is 0 Å². The molecular weight excluding hydrogens is 220 g/mol. The van der Waals surface area contributed by atoms with Gasteiger partial charge in [-0.1, -0.05) is 39.5 Å². The Bertz CT molecular complexity index is 229. The monoisotopic (exact) mass is 252 g/mol. The zero-order valence-electron chi connectivity index (χ0n) is 12.5. The molecule has 0 saturated carbocycles. The van der Waals surface area contributed by atoms with E-state index in [-0.39, 0.29) is 0 Å². The van der Waals surface area contributed by atoms with Gasteiger partial charge in [0.25, 0.3) is 0 Å². The van der Waals surface area contributed by atoms with Crippen LogP contribution < -0.4 is 5.32 Å². The number of hydrogen-bond acceptors (Lipinski definition) is 2. The maximum Gasteiger partial charge on any atom is 0.0249 e. The molecule has 0 spiro atoms. The van der Waals surface area contributed by atoms with Crippen LogP contribution in [0.1, 0.15) is 71.6 Å². The second kappa shape index (κ2) is 7.49. The van der Waals surface area contributed by atoms with Gasteiger partial charge in [0.2, 0.25) is 0 Å². The Morgan fingerprint density at radius 3 is 2.72 bits per heavy atom. The molecule has 106 valence electrons. The summed E-state index contributed by atoms with van der Waals surface area (Å²) in [7, 11) is 0. The van der Waals surface area contributed by atoms with Gasteiger partial charge in [-0.3, -0.25) is 4.90 Å². The minimum Gasteiger partial charge on any atom is -0.310 e. The van der Waals surface area contributed by atoms with Crippen LogP contribution in [-0.2, 0) is 0 Å². The predicted octanol–water partition coefficient (Wildman–Crippen LogP) is 3.56. The highest BCUT2D eigenvalue weighted by Crippen LogP contribution is 2.28. The van der Waals surface area contributed by atoms with Crippen molar-refractivity contribution in [2.45, 2.75) is 89.8 Å². The molecule has 2 heterocycles. The van der Waals surface area contributed by atoms with Crippen molar-refractivity contribution in [1.82, 2.24) is 10.2 Å². The number of piperidine rings is 1. The van der Waals surface area contributed by atoms with Gasteiger partial charge in [0.1, 0.15) is 0 Å². The summed E-state index contributed by atoms with van der Waals surface area (Å²) in [6.45, 7) is 7.33. The van der Waals surface area contributed by atoms with E-state index >= 15 is 0 Å². The minimum atomic E-state index is 0.779. The number of nitrogens with zero attached hydrogens (tertiary/aromatic N) is 1. The maximum absolute atomic E-state index is 4.01. The molecule has 0 aromatic heterocycles. The number of rotatable bonds is 7. The van der Waals surface area contributed by atoms with Crippen LogP contribution >= 0.6 is 0 Å². The number of nitrogens with one attached hydrogen (secondary N) is 1. The Morgan fingerprint density at radius 2 is 1.94 bits per heavy atom. The molecule has 2 heteroatoms. The molecule has 3 unspecified atom stereocenters. The number of hydrogen-bond donors (Lipinski definition) is 1. The number of unbranched alkanes of at least 4 members (excludes halogenated alkanes) is 1. The Balaban J connectivity index is 1.82. The zero-order chi connectivity index (χ0) is 12.8. The first-order chi connectivity index (χ1) is 8.85. The lowest BCUT2D eigenvalue weighted by atomic mass is 9.96. The van der Waals surface area contributed by atoms with Crippen molar-refractivity contribution in [3.8, 4) is 0 Å². The quantitative estimate of drug-likeness (QED) is 0.745. The summed E-state index contributed by atoms with van der Waals surface area (Å²) >= 11 is 0. The Morgan fingerprint density at radius 1 is 1.06 bits per heavy atom. The van der Waals surface area contributed by atoms with Crippen molar-refractivity contribution >= 4 is 0 Å². The Kier molecular flexibility index (Phi) is 5.97. The molecule has 0 amide bonds. The van der Waals surface area contributed by atoms with Crippen LogP contribution in [0.15, 0.2) is 0 Å². The minimum absolute atomic E-state index is 0.779. The fourth-order valence-corrected chi connectivity index (χ4v) is 3.85. The summed E-state index contributed by atoms with van der Waals surface area (Å²) in [6.07, 6.45) is 12.5. The Labute approximate surface area is 114 Å². The predicted molar refractivity (Wildman–Crippen MR) is 79.0 cm³/mol. The number of fused-ring (bicyclic) bond motifs is 1. The van der Waals surface area contributed by atoms with Gasteiger partial charge >= 0.3 is 0 Å².